The molecule has 0 rings (SSSR count). The van der Waals surface area contributed by atoms with Crippen molar-refractivity contribution in [2.24, 2.45) is 10.8 Å². The lowest BCUT2D eigenvalue weighted by molar-refractivity contribution is -0.146. The molecule has 0 aromatic rings. The molecule has 30 heavy (non-hydrogen) atoms. The molecule has 0 N–H and O–H groups in total. The summed E-state index contributed by atoms with van der Waals surface area (Å²) in [7, 11) is 0. The number of allylic oxidation sites excluding steroid dienone is 2. The minimum Gasteiger partial charge on any atom is -0.462 e. The van der Waals surface area contributed by atoms with E-state index in [1.165, 1.54) is 0 Å². The summed E-state index contributed by atoms with van der Waals surface area (Å²) in [5.41, 5.74) is 2.71. The van der Waals surface area contributed by atoms with Crippen molar-refractivity contribution < 1.29 is 23.8 Å². The van der Waals surface area contributed by atoms with Gasteiger partial charge in [-0.25, -0.2) is 9.59 Å². The zero-order chi connectivity index (χ0) is 23.5. The lowest BCUT2D eigenvalue weighted by atomic mass is 9.82. The summed E-state index contributed by atoms with van der Waals surface area (Å²) in [5, 5.41) is 0. The number of carbonyl (C=O) groups is 2. The van der Waals surface area contributed by atoms with E-state index in [9.17, 15) is 9.59 Å². The van der Waals surface area contributed by atoms with Crippen molar-refractivity contribution in [3.05, 3.63) is 22.3 Å². The minimum absolute atomic E-state index is 0.211. The zero-order valence-corrected chi connectivity index (χ0v) is 21.0. The number of carbonyl (C=O) groups excluding carboxylic acids is 2. The summed E-state index contributed by atoms with van der Waals surface area (Å²) in [4.78, 5) is 24.3. The van der Waals surface area contributed by atoms with Crippen molar-refractivity contribution in [3.8, 4) is 0 Å². The van der Waals surface area contributed by atoms with Crippen molar-refractivity contribution >= 4 is 11.9 Å². The van der Waals surface area contributed by atoms with Gasteiger partial charge in [-0.3, -0.25) is 0 Å². The molecule has 174 valence electrons. The number of esters is 2. The fraction of sp³-hybridized carbons (Fsp3) is 0.760. The van der Waals surface area contributed by atoms with Gasteiger partial charge in [0.1, 0.15) is 0 Å². The van der Waals surface area contributed by atoms with Crippen LogP contribution in [0.3, 0.4) is 0 Å². The van der Waals surface area contributed by atoms with Gasteiger partial charge in [0.05, 0.1) is 26.4 Å². The van der Waals surface area contributed by atoms with Crippen LogP contribution in [0.15, 0.2) is 22.3 Å². The predicted octanol–water partition coefficient (Wildman–Crippen LogP) is 6.02. The molecule has 0 bridgehead atoms. The van der Waals surface area contributed by atoms with Crippen LogP contribution in [0.25, 0.3) is 0 Å². The molecule has 0 saturated carbocycles. The van der Waals surface area contributed by atoms with E-state index in [0.29, 0.717) is 31.0 Å². The molecule has 0 radical (unpaired) electrons. The fourth-order valence-corrected chi connectivity index (χ4v) is 2.79. The Labute approximate surface area is 184 Å². The van der Waals surface area contributed by atoms with Crippen LogP contribution >= 0.6 is 0 Å². The van der Waals surface area contributed by atoms with Gasteiger partial charge < -0.3 is 14.2 Å². The number of rotatable bonds is 13. The summed E-state index contributed by atoms with van der Waals surface area (Å²) < 4.78 is 17.2. The van der Waals surface area contributed by atoms with Gasteiger partial charge in [-0.1, -0.05) is 45.3 Å². The average molecular weight is 425 g/mol. The second-order valence-corrected chi connectivity index (χ2v) is 9.66. The van der Waals surface area contributed by atoms with E-state index in [1.807, 2.05) is 41.5 Å². The molecule has 1 atom stereocenters. The van der Waals surface area contributed by atoms with Crippen molar-refractivity contribution in [2.45, 2.75) is 88.5 Å². The summed E-state index contributed by atoms with van der Waals surface area (Å²) in [6.07, 6.45) is 2.76. The van der Waals surface area contributed by atoms with E-state index in [0.717, 1.165) is 30.4 Å². The van der Waals surface area contributed by atoms with Gasteiger partial charge >= 0.3 is 11.9 Å². The molecule has 0 aromatic heterocycles. The summed E-state index contributed by atoms with van der Waals surface area (Å²) in [6.45, 7) is 21.1. The van der Waals surface area contributed by atoms with Gasteiger partial charge in [0.25, 0.3) is 0 Å². The molecular weight excluding hydrogens is 380 g/mol. The Morgan fingerprint density at radius 1 is 0.700 bits per heavy atom. The maximum atomic E-state index is 12.3. The monoisotopic (exact) mass is 424 g/mol. The Morgan fingerprint density at radius 3 is 1.57 bits per heavy atom. The van der Waals surface area contributed by atoms with Crippen LogP contribution in [0.1, 0.15) is 88.5 Å². The molecular formula is C25H44O5. The maximum Gasteiger partial charge on any atom is 0.333 e. The van der Waals surface area contributed by atoms with Gasteiger partial charge in [-0.05, 0) is 54.4 Å². The average Bonchev–Trinajstić information content (AvgIpc) is 2.68. The smallest absolute Gasteiger partial charge is 0.333 e. The number of ether oxygens (including phenoxy) is 3. The molecule has 0 aliphatic heterocycles. The molecule has 0 spiro atoms. The molecule has 0 aliphatic rings. The third-order valence-corrected chi connectivity index (χ3v) is 5.65. The van der Waals surface area contributed by atoms with Gasteiger partial charge in [-0.15, -0.1) is 0 Å². The van der Waals surface area contributed by atoms with Crippen molar-refractivity contribution in [2.75, 3.05) is 26.4 Å². The summed E-state index contributed by atoms with van der Waals surface area (Å²) >= 11 is 0. The van der Waals surface area contributed by atoms with Crippen LogP contribution in [0.5, 0.6) is 0 Å². The molecule has 0 aromatic carbocycles. The Hall–Kier alpha value is -1.62. The van der Waals surface area contributed by atoms with Crippen LogP contribution in [0.2, 0.25) is 0 Å². The van der Waals surface area contributed by atoms with Crippen molar-refractivity contribution in [1.82, 2.24) is 0 Å². The van der Waals surface area contributed by atoms with Crippen LogP contribution < -0.4 is 0 Å². The first-order valence-corrected chi connectivity index (χ1v) is 11.0. The Balaban J connectivity index is 4.89. The standard InChI is InChI=1S/C25H44O5/c1-11-13-25(12-2,17-30-23(27)21(8)19(5)6)16-28-14-24(9,10)15-29-22(26)20(7)18(3)4/h11-17H2,1-10H3. The second-order valence-electron chi connectivity index (χ2n) is 9.66. The number of hydrogen-bond acceptors (Lipinski definition) is 5. The molecule has 1 unspecified atom stereocenters. The van der Waals surface area contributed by atoms with E-state index in [-0.39, 0.29) is 29.4 Å². The lowest BCUT2D eigenvalue weighted by Crippen LogP contribution is -2.36. The van der Waals surface area contributed by atoms with E-state index < -0.39 is 0 Å². The minimum atomic E-state index is -0.307. The van der Waals surface area contributed by atoms with Crippen LogP contribution in [-0.4, -0.2) is 38.4 Å². The quantitative estimate of drug-likeness (QED) is 0.267. The van der Waals surface area contributed by atoms with Crippen LogP contribution in [0, 0.1) is 10.8 Å². The molecule has 0 saturated heterocycles. The Kier molecular flexibility index (Phi) is 12.2. The molecule has 0 aliphatic carbocycles. The van der Waals surface area contributed by atoms with E-state index in [2.05, 4.69) is 13.8 Å². The predicted molar refractivity (Wildman–Crippen MR) is 122 cm³/mol. The molecule has 0 amide bonds. The first kappa shape index (κ1) is 28.4. The highest BCUT2D eigenvalue weighted by Gasteiger charge is 2.31. The van der Waals surface area contributed by atoms with Gasteiger partial charge in [0.15, 0.2) is 0 Å². The fourth-order valence-electron chi connectivity index (χ4n) is 2.79. The highest BCUT2D eigenvalue weighted by atomic mass is 16.5. The van der Waals surface area contributed by atoms with Gasteiger partial charge in [0, 0.05) is 22.0 Å². The highest BCUT2D eigenvalue weighted by Crippen LogP contribution is 2.31. The lowest BCUT2D eigenvalue weighted by Gasteiger charge is -2.33. The summed E-state index contributed by atoms with van der Waals surface area (Å²) in [5.74, 6) is -0.538. The normalized spacial score (nSPS) is 13.3. The first-order chi connectivity index (χ1) is 13.8. The molecule has 0 fully saturated rings. The first-order valence-electron chi connectivity index (χ1n) is 11.0. The van der Waals surface area contributed by atoms with Crippen LogP contribution in [-0.2, 0) is 23.8 Å². The van der Waals surface area contributed by atoms with Crippen molar-refractivity contribution in [3.63, 3.8) is 0 Å². The third-order valence-electron chi connectivity index (χ3n) is 5.65. The maximum absolute atomic E-state index is 12.3. The van der Waals surface area contributed by atoms with Gasteiger partial charge in [0.2, 0.25) is 0 Å². The van der Waals surface area contributed by atoms with Crippen molar-refractivity contribution in [1.29, 1.82) is 0 Å². The van der Waals surface area contributed by atoms with Gasteiger partial charge in [-0.2, -0.15) is 0 Å². The Bertz CT molecular complexity index is 634. The third kappa shape index (κ3) is 9.92. The topological polar surface area (TPSA) is 61.8 Å². The zero-order valence-electron chi connectivity index (χ0n) is 21.0. The SMILES string of the molecule is CCCC(CC)(COCC(C)(C)COC(=O)C(C)=C(C)C)COC(=O)C(C)=C(C)C. The van der Waals surface area contributed by atoms with E-state index >= 15 is 0 Å². The molecule has 5 nitrogen and oxygen atoms in total. The largest absolute Gasteiger partial charge is 0.462 e. The van der Waals surface area contributed by atoms with Crippen LogP contribution in [0.4, 0.5) is 0 Å². The Morgan fingerprint density at radius 2 is 1.17 bits per heavy atom. The summed E-state index contributed by atoms with van der Waals surface area (Å²) in [6, 6.07) is 0. The van der Waals surface area contributed by atoms with E-state index in [1.54, 1.807) is 13.8 Å². The highest BCUT2D eigenvalue weighted by molar-refractivity contribution is 5.88. The molecule has 5 heteroatoms. The second kappa shape index (κ2) is 12.9. The number of hydrogen-bond donors (Lipinski definition) is 0. The van der Waals surface area contributed by atoms with E-state index in [4.69, 9.17) is 14.2 Å². The molecule has 0 heterocycles.